The zero-order chi connectivity index (χ0) is 13.0. The average Bonchev–Trinajstić information content (AvgIpc) is 2.37. The van der Waals surface area contributed by atoms with Gasteiger partial charge in [-0.1, -0.05) is 19.3 Å². The molecule has 3 aliphatic heterocycles. The first-order valence-electron chi connectivity index (χ1n) is 7.74. The Labute approximate surface area is 117 Å². The number of rotatable bonds is 3. The normalized spacial score (nSPS) is 37.6. The van der Waals surface area contributed by atoms with Gasteiger partial charge in [-0.05, 0) is 12.8 Å². The van der Waals surface area contributed by atoms with E-state index in [1.54, 1.807) is 0 Å². The van der Waals surface area contributed by atoms with Crippen molar-refractivity contribution in [3.8, 4) is 0 Å². The molecule has 0 radical (unpaired) electrons. The Bertz CT molecular complexity index is 261. The summed E-state index contributed by atoms with van der Waals surface area (Å²) in [5.41, 5.74) is 0. The third kappa shape index (κ3) is 3.77. The lowest BCUT2D eigenvalue weighted by Gasteiger charge is -2.39. The molecule has 6 heteroatoms. The van der Waals surface area contributed by atoms with Crippen LogP contribution < -0.4 is 5.32 Å². The molecule has 4 fully saturated rings. The fraction of sp³-hybridized carbons (Fsp3) is 1.00. The molecule has 0 atom stereocenters. The average molecular weight is 286 g/mol. The molecule has 1 aliphatic carbocycles. The van der Waals surface area contributed by atoms with Crippen molar-refractivity contribution in [2.45, 2.75) is 38.1 Å². The zero-order valence-electron chi connectivity index (χ0n) is 11.7. The van der Waals surface area contributed by atoms with Crippen molar-refractivity contribution < 1.29 is 13.3 Å². The van der Waals surface area contributed by atoms with Gasteiger partial charge in [0.2, 0.25) is 0 Å². The van der Waals surface area contributed by atoms with Crippen LogP contribution in [0.4, 0.5) is 0 Å². The zero-order valence-corrected chi connectivity index (χ0v) is 12.7. The molecule has 1 N–H and O–H groups in total. The monoisotopic (exact) mass is 286 g/mol. The minimum absolute atomic E-state index is 0.638. The number of hydrogen-bond donors (Lipinski definition) is 1. The van der Waals surface area contributed by atoms with E-state index in [-0.39, 0.29) is 0 Å². The van der Waals surface area contributed by atoms with E-state index in [4.69, 9.17) is 13.3 Å². The predicted molar refractivity (Wildman–Crippen MR) is 74.9 cm³/mol. The van der Waals surface area contributed by atoms with Crippen LogP contribution in [0, 0.1) is 0 Å². The standard InChI is InChI=1S/C13H26N2O3Si/c1-2-4-13(5-3-1)14-12-19-16-9-6-15(7-10-17-19)8-11-18-19/h13-14H,1-12H2. The molecule has 19 heavy (non-hydrogen) atoms. The van der Waals surface area contributed by atoms with Gasteiger partial charge >= 0.3 is 8.80 Å². The summed E-state index contributed by atoms with van der Waals surface area (Å²) in [6.45, 7) is 5.30. The van der Waals surface area contributed by atoms with Crippen LogP contribution in [0.1, 0.15) is 32.1 Å². The van der Waals surface area contributed by atoms with Gasteiger partial charge in [-0.2, -0.15) is 0 Å². The van der Waals surface area contributed by atoms with E-state index in [0.717, 1.165) is 45.6 Å². The molecule has 2 bridgehead atoms. The molecule has 0 aromatic carbocycles. The summed E-state index contributed by atoms with van der Waals surface area (Å²) in [5.74, 6) is 0. The third-order valence-corrected chi connectivity index (χ3v) is 6.97. The molecule has 1 saturated carbocycles. The van der Waals surface area contributed by atoms with Gasteiger partial charge in [0.05, 0.1) is 26.0 Å². The highest BCUT2D eigenvalue weighted by molar-refractivity contribution is 6.61. The lowest BCUT2D eigenvalue weighted by molar-refractivity contribution is -0.00949. The summed E-state index contributed by atoms with van der Waals surface area (Å²) < 4.78 is 18.1. The minimum Gasteiger partial charge on any atom is -0.371 e. The van der Waals surface area contributed by atoms with Crippen molar-refractivity contribution in [1.82, 2.24) is 10.2 Å². The Kier molecular flexibility index (Phi) is 4.89. The number of nitrogens with zero attached hydrogens (tertiary/aromatic N) is 1. The highest BCUT2D eigenvalue weighted by Crippen LogP contribution is 2.19. The van der Waals surface area contributed by atoms with Crippen molar-refractivity contribution in [1.29, 1.82) is 0 Å². The lowest BCUT2D eigenvalue weighted by Crippen LogP contribution is -2.61. The molecular formula is C13H26N2O3Si. The van der Waals surface area contributed by atoms with E-state index in [9.17, 15) is 0 Å². The molecule has 0 unspecified atom stereocenters. The molecule has 0 aromatic heterocycles. The van der Waals surface area contributed by atoms with Gasteiger partial charge in [0.15, 0.2) is 0 Å². The Hall–Kier alpha value is 0.0169. The molecule has 5 nitrogen and oxygen atoms in total. The van der Waals surface area contributed by atoms with Crippen molar-refractivity contribution >= 4 is 8.80 Å². The van der Waals surface area contributed by atoms with Crippen molar-refractivity contribution in [2.24, 2.45) is 0 Å². The first kappa shape index (κ1) is 14.0. The van der Waals surface area contributed by atoms with Crippen LogP contribution in [0.15, 0.2) is 0 Å². The largest absolute Gasteiger partial charge is 0.515 e. The predicted octanol–water partition coefficient (Wildman–Crippen LogP) is 0.766. The van der Waals surface area contributed by atoms with Crippen molar-refractivity contribution in [2.75, 3.05) is 45.6 Å². The minimum atomic E-state index is -2.45. The van der Waals surface area contributed by atoms with E-state index < -0.39 is 8.80 Å². The van der Waals surface area contributed by atoms with Crippen LogP contribution in [0.5, 0.6) is 0 Å². The molecule has 4 aliphatic rings. The maximum absolute atomic E-state index is 6.02. The Morgan fingerprint density at radius 1 is 0.895 bits per heavy atom. The van der Waals surface area contributed by atoms with Gasteiger partial charge in [0.25, 0.3) is 0 Å². The second kappa shape index (κ2) is 6.65. The van der Waals surface area contributed by atoms with Gasteiger partial charge in [-0.25, -0.2) is 0 Å². The maximum Gasteiger partial charge on any atom is 0.515 e. The summed E-state index contributed by atoms with van der Waals surface area (Å²) in [6.07, 6.45) is 7.46. The molecule has 4 rings (SSSR count). The topological polar surface area (TPSA) is 43.0 Å². The van der Waals surface area contributed by atoms with E-state index >= 15 is 0 Å². The van der Waals surface area contributed by atoms with Gasteiger partial charge in [0.1, 0.15) is 0 Å². The second-order valence-corrected chi connectivity index (χ2v) is 8.37. The Morgan fingerprint density at radius 3 is 2.05 bits per heavy atom. The van der Waals surface area contributed by atoms with Crippen LogP contribution >= 0.6 is 0 Å². The van der Waals surface area contributed by atoms with Crippen LogP contribution in [0.3, 0.4) is 0 Å². The summed E-state index contributed by atoms with van der Waals surface area (Å²) >= 11 is 0. The quantitative estimate of drug-likeness (QED) is 0.776. The highest BCUT2D eigenvalue weighted by Gasteiger charge is 2.44. The van der Waals surface area contributed by atoms with E-state index in [1.807, 2.05) is 0 Å². The fourth-order valence-corrected chi connectivity index (χ4v) is 5.48. The third-order valence-electron chi connectivity index (χ3n) is 4.40. The summed E-state index contributed by atoms with van der Waals surface area (Å²) in [5, 5.41) is 3.66. The lowest BCUT2D eigenvalue weighted by atomic mass is 9.96. The first-order valence-corrected chi connectivity index (χ1v) is 9.67. The van der Waals surface area contributed by atoms with Gasteiger partial charge < -0.3 is 18.6 Å². The van der Waals surface area contributed by atoms with E-state index in [2.05, 4.69) is 10.2 Å². The van der Waals surface area contributed by atoms with E-state index in [0.29, 0.717) is 6.04 Å². The molecule has 3 saturated heterocycles. The molecule has 0 amide bonds. The molecular weight excluding hydrogens is 260 g/mol. The number of nitrogens with one attached hydrogen (secondary N) is 1. The van der Waals surface area contributed by atoms with Gasteiger partial charge in [-0.3, -0.25) is 4.90 Å². The van der Waals surface area contributed by atoms with Crippen molar-refractivity contribution in [3.63, 3.8) is 0 Å². The fourth-order valence-electron chi connectivity index (χ4n) is 3.18. The number of fused-ring (bicyclic) bond motifs is 6. The molecule has 0 aromatic rings. The SMILES string of the molecule is C1CCC(NC[Si]23OCCN(CCO2)CCO3)CC1. The highest BCUT2D eigenvalue weighted by atomic mass is 28.4. The number of hydrogen-bond acceptors (Lipinski definition) is 5. The summed E-state index contributed by atoms with van der Waals surface area (Å²) in [7, 11) is -2.45. The second-order valence-electron chi connectivity index (χ2n) is 5.79. The van der Waals surface area contributed by atoms with Crippen LogP contribution in [0.25, 0.3) is 0 Å². The summed E-state index contributed by atoms with van der Waals surface area (Å²) in [6, 6.07) is 0.638. The molecule has 3 heterocycles. The van der Waals surface area contributed by atoms with Crippen LogP contribution in [0.2, 0.25) is 0 Å². The Balaban J connectivity index is 1.55. The van der Waals surface area contributed by atoms with E-state index in [1.165, 1.54) is 32.1 Å². The summed E-state index contributed by atoms with van der Waals surface area (Å²) in [4.78, 5) is 2.35. The van der Waals surface area contributed by atoms with Gasteiger partial charge in [0, 0.05) is 25.7 Å². The van der Waals surface area contributed by atoms with Crippen LogP contribution in [-0.2, 0) is 13.3 Å². The maximum atomic E-state index is 6.02. The smallest absolute Gasteiger partial charge is 0.371 e. The van der Waals surface area contributed by atoms with Crippen LogP contribution in [-0.4, -0.2) is 65.4 Å². The first-order chi connectivity index (χ1) is 9.36. The Morgan fingerprint density at radius 2 is 1.47 bits per heavy atom. The molecule has 0 spiro atoms. The van der Waals surface area contributed by atoms with Crippen molar-refractivity contribution in [3.05, 3.63) is 0 Å². The molecule has 110 valence electrons. The van der Waals surface area contributed by atoms with Gasteiger partial charge in [-0.15, -0.1) is 0 Å².